The minimum atomic E-state index is -4.66. The van der Waals surface area contributed by atoms with Crippen molar-refractivity contribution in [3.63, 3.8) is 0 Å². The van der Waals surface area contributed by atoms with Gasteiger partial charge in [-0.2, -0.15) is 0 Å². The topological polar surface area (TPSA) is 111 Å². The van der Waals surface area contributed by atoms with Crippen LogP contribution in [0.5, 0.6) is 0 Å². The van der Waals surface area contributed by atoms with Gasteiger partial charge in [0.1, 0.15) is 19.8 Å². The van der Waals surface area contributed by atoms with E-state index in [4.69, 9.17) is 18.5 Å². The molecule has 328 valence electrons. The molecule has 0 aliphatic heterocycles. The van der Waals surface area contributed by atoms with Crippen LogP contribution in [0.25, 0.3) is 0 Å². The van der Waals surface area contributed by atoms with E-state index in [2.05, 4.69) is 111 Å². The van der Waals surface area contributed by atoms with Gasteiger partial charge in [0.05, 0.1) is 27.7 Å². The first-order valence-corrected chi connectivity index (χ1v) is 23.1. The highest BCUT2D eigenvalue weighted by Gasteiger charge is 2.21. The number of phosphoric acid groups is 1. The Hall–Kier alpha value is -3.33. The van der Waals surface area contributed by atoms with Crippen LogP contribution in [0.2, 0.25) is 0 Å². The summed E-state index contributed by atoms with van der Waals surface area (Å²) in [4.78, 5) is 37.5. The van der Waals surface area contributed by atoms with Crippen LogP contribution in [0, 0.1) is 0 Å². The molecule has 0 saturated heterocycles. The summed E-state index contributed by atoms with van der Waals surface area (Å²) in [5.74, 6) is -0.991. The van der Waals surface area contributed by atoms with Gasteiger partial charge >= 0.3 is 11.9 Å². The number of rotatable bonds is 37. The second-order valence-electron chi connectivity index (χ2n) is 15.0. The molecule has 2 atom stereocenters. The summed E-state index contributed by atoms with van der Waals surface area (Å²) in [7, 11) is 1.08. The Morgan fingerprint density at radius 2 is 1.00 bits per heavy atom. The highest BCUT2D eigenvalue weighted by molar-refractivity contribution is 7.45. The molecule has 0 aromatic rings. The number of carbonyl (C=O) groups is 2. The Bertz CT molecular complexity index is 1350. The van der Waals surface area contributed by atoms with Crippen LogP contribution >= 0.6 is 7.82 Å². The molecule has 0 bridgehead atoms. The lowest BCUT2D eigenvalue weighted by Crippen LogP contribution is -2.37. The quantitative estimate of drug-likeness (QED) is 0.0200. The van der Waals surface area contributed by atoms with Crippen LogP contribution in [0.15, 0.2) is 109 Å². The molecule has 1 unspecified atom stereocenters. The summed E-state index contributed by atoms with van der Waals surface area (Å²) >= 11 is 0. The Balaban J connectivity index is 4.58. The number of nitrogens with zero attached hydrogens (tertiary/aromatic N) is 1. The number of phosphoric ester groups is 1. The predicted molar refractivity (Wildman–Crippen MR) is 240 cm³/mol. The van der Waals surface area contributed by atoms with Gasteiger partial charge in [-0.25, -0.2) is 0 Å². The summed E-state index contributed by atoms with van der Waals surface area (Å²) in [5, 5.41) is 0. The predicted octanol–water partition coefficient (Wildman–Crippen LogP) is 11.7. The average Bonchev–Trinajstić information content (AvgIpc) is 3.17. The molecule has 0 radical (unpaired) electrons. The van der Waals surface area contributed by atoms with Crippen molar-refractivity contribution in [2.45, 2.75) is 136 Å². The number of ether oxygens (including phenoxy) is 2. The van der Waals surface area contributed by atoms with E-state index in [0.29, 0.717) is 23.9 Å². The van der Waals surface area contributed by atoms with Gasteiger partial charge < -0.3 is 27.9 Å². The first kappa shape index (κ1) is 54.7. The van der Waals surface area contributed by atoms with Gasteiger partial charge in [-0.05, 0) is 89.9 Å². The monoisotopic (exact) mass is 828 g/mol. The molecule has 0 N–H and O–H groups in total. The molecule has 0 aliphatic carbocycles. The van der Waals surface area contributed by atoms with E-state index in [-0.39, 0.29) is 26.1 Å². The molecule has 0 aliphatic rings. The number of quaternary nitrogens is 1. The molecule has 0 aromatic carbocycles. The van der Waals surface area contributed by atoms with Crippen LogP contribution in [0.4, 0.5) is 0 Å². The Morgan fingerprint density at radius 3 is 1.47 bits per heavy atom. The minimum Gasteiger partial charge on any atom is -0.756 e. The minimum absolute atomic E-state index is 0.0560. The zero-order valence-corrected chi connectivity index (χ0v) is 37.6. The van der Waals surface area contributed by atoms with Crippen molar-refractivity contribution in [3.8, 4) is 0 Å². The van der Waals surface area contributed by atoms with Crippen LogP contribution < -0.4 is 4.89 Å². The number of carbonyl (C=O) groups excluding carboxylic acids is 2. The molecule has 0 fully saturated rings. The van der Waals surface area contributed by atoms with Crippen molar-refractivity contribution in [1.29, 1.82) is 0 Å². The van der Waals surface area contributed by atoms with E-state index in [9.17, 15) is 19.0 Å². The van der Waals surface area contributed by atoms with Gasteiger partial charge in [-0.15, -0.1) is 0 Å². The van der Waals surface area contributed by atoms with Gasteiger partial charge in [0.15, 0.2) is 6.10 Å². The van der Waals surface area contributed by atoms with Crippen molar-refractivity contribution in [2.24, 2.45) is 0 Å². The van der Waals surface area contributed by atoms with E-state index < -0.39 is 32.5 Å². The Labute approximate surface area is 353 Å². The first-order valence-electron chi connectivity index (χ1n) is 21.6. The first-order chi connectivity index (χ1) is 28.0. The van der Waals surface area contributed by atoms with E-state index >= 15 is 0 Å². The van der Waals surface area contributed by atoms with Gasteiger partial charge in [0.25, 0.3) is 7.82 Å². The smallest absolute Gasteiger partial charge is 0.306 e. The number of esters is 2. The largest absolute Gasteiger partial charge is 0.756 e. The van der Waals surface area contributed by atoms with Crippen LogP contribution in [-0.2, 0) is 32.7 Å². The summed E-state index contributed by atoms with van der Waals surface area (Å²) in [6.45, 7) is 3.91. The van der Waals surface area contributed by atoms with Crippen LogP contribution in [0.1, 0.15) is 129 Å². The third kappa shape index (κ3) is 42.3. The highest BCUT2D eigenvalue weighted by Crippen LogP contribution is 2.38. The molecular formula is C48H78NO8P. The maximum atomic E-state index is 12.6. The fraction of sp³-hybridized carbons (Fsp3) is 0.583. The number of allylic oxidation sites excluding steroid dienone is 18. The highest BCUT2D eigenvalue weighted by atomic mass is 31.2. The lowest BCUT2D eigenvalue weighted by atomic mass is 10.1. The second-order valence-corrected chi connectivity index (χ2v) is 16.4. The summed E-state index contributed by atoms with van der Waals surface area (Å²) in [6.07, 6.45) is 52.8. The zero-order valence-electron chi connectivity index (χ0n) is 36.7. The number of hydrogen-bond acceptors (Lipinski definition) is 8. The number of likely N-dealkylation sites (N-methyl/N-ethyl adjacent to an activating group) is 1. The Morgan fingerprint density at radius 1 is 0.552 bits per heavy atom. The molecule has 0 spiro atoms. The van der Waals surface area contributed by atoms with Crippen molar-refractivity contribution in [1.82, 2.24) is 0 Å². The molecule has 10 heteroatoms. The average molecular weight is 828 g/mol. The van der Waals surface area contributed by atoms with Gasteiger partial charge in [0.2, 0.25) is 0 Å². The van der Waals surface area contributed by atoms with Gasteiger partial charge in [0, 0.05) is 12.8 Å². The van der Waals surface area contributed by atoms with Gasteiger partial charge in [-0.1, -0.05) is 136 Å². The van der Waals surface area contributed by atoms with Crippen molar-refractivity contribution >= 4 is 19.8 Å². The summed E-state index contributed by atoms with van der Waals surface area (Å²) < 4.78 is 33.7. The maximum absolute atomic E-state index is 12.6. The van der Waals surface area contributed by atoms with Crippen LogP contribution in [-0.4, -0.2) is 70.0 Å². The molecule has 0 aromatic heterocycles. The summed E-state index contributed by atoms with van der Waals surface area (Å²) in [6, 6.07) is 0. The lowest BCUT2D eigenvalue weighted by molar-refractivity contribution is -0.870. The molecule has 0 rings (SSSR count). The van der Waals surface area contributed by atoms with Crippen molar-refractivity contribution in [3.05, 3.63) is 109 Å². The van der Waals surface area contributed by atoms with E-state index in [0.717, 1.165) is 70.6 Å². The molecule has 58 heavy (non-hydrogen) atoms. The zero-order chi connectivity index (χ0) is 42.8. The maximum Gasteiger partial charge on any atom is 0.306 e. The van der Waals surface area contributed by atoms with Gasteiger partial charge in [-0.3, -0.25) is 14.2 Å². The fourth-order valence-corrected chi connectivity index (χ4v) is 5.65. The summed E-state index contributed by atoms with van der Waals surface area (Å²) in [5.41, 5.74) is 0. The number of hydrogen-bond donors (Lipinski definition) is 0. The van der Waals surface area contributed by atoms with Crippen molar-refractivity contribution < 1.29 is 42.1 Å². The Kier molecular flexibility index (Phi) is 36.9. The van der Waals surface area contributed by atoms with E-state index in [1.165, 1.54) is 19.3 Å². The SMILES string of the molecule is CC/C=C\C/C=C\C/C=C\C/C=C\C/C=C\C/C=C\CCC(=O)OC[C@H](COP(=O)([O-])OCC[N+](C)(C)C)OC(=O)CCCC/C=C\C/C=C\C/C=C\CCCCC. The normalized spacial score (nSPS) is 14.7. The fourth-order valence-electron chi connectivity index (χ4n) is 4.92. The van der Waals surface area contributed by atoms with Crippen molar-refractivity contribution in [2.75, 3.05) is 47.5 Å². The molecule has 0 saturated carbocycles. The molecular weight excluding hydrogens is 750 g/mol. The van der Waals surface area contributed by atoms with E-state index in [1.807, 2.05) is 33.3 Å². The standard InChI is InChI=1S/C48H78NO8P/c1-6-8-10-12-14-16-18-20-22-23-24-25-27-28-30-32-34-36-38-40-47(50)54-44-46(45-56-58(52,53)55-43-42-49(3,4)5)57-48(51)41-39-37-35-33-31-29-26-21-19-17-15-13-11-9-7-2/h8,10,14-17,20-22,24-26,28,30-31,33-34,36,46H,6-7,9,11-13,18-19,23,27,29,32,35,37-45H2,1-5H3/b10-8-,16-14-,17-15-,22-20-,25-24-,26-21-,30-28-,33-31-,36-34-/t46-/m1/s1. The van der Waals surface area contributed by atoms with E-state index in [1.54, 1.807) is 0 Å². The third-order valence-electron chi connectivity index (χ3n) is 8.29. The molecule has 0 heterocycles. The molecule has 0 amide bonds. The second kappa shape index (κ2) is 39.1. The molecule has 9 nitrogen and oxygen atoms in total. The lowest BCUT2D eigenvalue weighted by Gasteiger charge is -2.28. The third-order valence-corrected chi connectivity index (χ3v) is 9.25. The number of unbranched alkanes of at least 4 members (excludes halogenated alkanes) is 5. The van der Waals surface area contributed by atoms with Crippen LogP contribution in [0.3, 0.4) is 0 Å².